The SMILES string of the molecule is COc1ccc2c(c1)CN(C1CCCNC1)CC2. The van der Waals surface area contributed by atoms with Crippen LogP contribution in [0.15, 0.2) is 18.2 Å². The summed E-state index contributed by atoms with van der Waals surface area (Å²) in [5.41, 5.74) is 2.95. The molecule has 2 heterocycles. The molecule has 2 aliphatic rings. The molecule has 3 rings (SSSR count). The van der Waals surface area contributed by atoms with Gasteiger partial charge in [-0.2, -0.15) is 0 Å². The minimum atomic E-state index is 0.720. The van der Waals surface area contributed by atoms with Crippen LogP contribution in [0.3, 0.4) is 0 Å². The van der Waals surface area contributed by atoms with E-state index in [9.17, 15) is 0 Å². The lowest BCUT2D eigenvalue weighted by Gasteiger charge is -2.37. The Bertz CT molecular complexity index is 413. The van der Waals surface area contributed by atoms with Crippen LogP contribution in [0.25, 0.3) is 0 Å². The molecule has 1 aromatic rings. The van der Waals surface area contributed by atoms with Crippen LogP contribution >= 0.6 is 0 Å². The molecule has 0 saturated carbocycles. The summed E-state index contributed by atoms with van der Waals surface area (Å²) in [5, 5.41) is 3.51. The van der Waals surface area contributed by atoms with Crippen LogP contribution in [0.2, 0.25) is 0 Å². The zero-order valence-corrected chi connectivity index (χ0v) is 11.1. The van der Waals surface area contributed by atoms with Gasteiger partial charge in [0, 0.05) is 25.7 Å². The van der Waals surface area contributed by atoms with Crippen molar-refractivity contribution in [1.29, 1.82) is 0 Å². The van der Waals surface area contributed by atoms with Crippen LogP contribution in [0.1, 0.15) is 24.0 Å². The van der Waals surface area contributed by atoms with Gasteiger partial charge >= 0.3 is 0 Å². The maximum atomic E-state index is 5.33. The molecule has 0 radical (unpaired) electrons. The summed E-state index contributed by atoms with van der Waals surface area (Å²) < 4.78 is 5.33. The van der Waals surface area contributed by atoms with E-state index < -0.39 is 0 Å². The number of ether oxygens (including phenoxy) is 1. The van der Waals surface area contributed by atoms with Crippen molar-refractivity contribution >= 4 is 0 Å². The second kappa shape index (κ2) is 5.29. The number of nitrogens with zero attached hydrogens (tertiary/aromatic N) is 1. The molecule has 3 nitrogen and oxygen atoms in total. The highest BCUT2D eigenvalue weighted by atomic mass is 16.5. The average molecular weight is 246 g/mol. The molecule has 1 saturated heterocycles. The van der Waals surface area contributed by atoms with Gasteiger partial charge in [-0.25, -0.2) is 0 Å². The molecule has 3 heteroatoms. The first-order chi connectivity index (χ1) is 8.86. The summed E-state index contributed by atoms with van der Waals surface area (Å²) in [4.78, 5) is 2.63. The number of hydrogen-bond donors (Lipinski definition) is 1. The van der Waals surface area contributed by atoms with Crippen LogP contribution in [0, 0.1) is 0 Å². The largest absolute Gasteiger partial charge is 0.497 e. The fourth-order valence-corrected chi connectivity index (χ4v) is 3.14. The fourth-order valence-electron chi connectivity index (χ4n) is 3.14. The molecular weight excluding hydrogens is 224 g/mol. The third-order valence-electron chi connectivity index (χ3n) is 4.24. The number of rotatable bonds is 2. The second-order valence-corrected chi connectivity index (χ2v) is 5.36. The maximum Gasteiger partial charge on any atom is 0.119 e. The predicted octanol–water partition coefficient (Wildman–Crippen LogP) is 1.81. The van der Waals surface area contributed by atoms with Gasteiger partial charge in [0.15, 0.2) is 0 Å². The number of nitrogens with one attached hydrogen (secondary N) is 1. The minimum absolute atomic E-state index is 0.720. The predicted molar refractivity (Wildman–Crippen MR) is 73.0 cm³/mol. The Kier molecular flexibility index (Phi) is 3.52. The third kappa shape index (κ3) is 2.38. The van der Waals surface area contributed by atoms with Gasteiger partial charge in [-0.15, -0.1) is 0 Å². The zero-order valence-electron chi connectivity index (χ0n) is 11.1. The van der Waals surface area contributed by atoms with Crippen molar-refractivity contribution in [3.63, 3.8) is 0 Å². The fraction of sp³-hybridized carbons (Fsp3) is 0.600. The first kappa shape index (κ1) is 12.0. The number of hydrogen-bond acceptors (Lipinski definition) is 3. The highest BCUT2D eigenvalue weighted by Gasteiger charge is 2.24. The van der Waals surface area contributed by atoms with Gasteiger partial charge in [-0.3, -0.25) is 4.90 Å². The number of benzene rings is 1. The molecule has 1 fully saturated rings. The van der Waals surface area contributed by atoms with Crippen molar-refractivity contribution in [3.05, 3.63) is 29.3 Å². The Morgan fingerprint density at radius 3 is 3.06 bits per heavy atom. The van der Waals surface area contributed by atoms with Gasteiger partial charge in [0.25, 0.3) is 0 Å². The molecule has 2 aliphatic heterocycles. The van der Waals surface area contributed by atoms with Gasteiger partial charge in [-0.05, 0) is 49.1 Å². The van der Waals surface area contributed by atoms with E-state index in [-0.39, 0.29) is 0 Å². The number of methoxy groups -OCH3 is 1. The standard InChI is InChI=1S/C15H22N2O/c1-18-15-5-4-12-6-8-17(11-13(12)9-15)14-3-2-7-16-10-14/h4-5,9,14,16H,2-3,6-8,10-11H2,1H3. The van der Waals surface area contributed by atoms with Crippen molar-refractivity contribution in [2.75, 3.05) is 26.7 Å². The molecule has 98 valence electrons. The Morgan fingerprint density at radius 1 is 1.33 bits per heavy atom. The first-order valence-corrected chi connectivity index (χ1v) is 6.97. The number of piperidine rings is 1. The van der Waals surface area contributed by atoms with Crippen LogP contribution in [0.4, 0.5) is 0 Å². The van der Waals surface area contributed by atoms with E-state index >= 15 is 0 Å². The lowest BCUT2D eigenvalue weighted by molar-refractivity contribution is 0.150. The third-order valence-corrected chi connectivity index (χ3v) is 4.24. The van der Waals surface area contributed by atoms with Gasteiger partial charge in [0.1, 0.15) is 5.75 Å². The summed E-state index contributed by atoms with van der Waals surface area (Å²) >= 11 is 0. The Morgan fingerprint density at radius 2 is 2.28 bits per heavy atom. The summed E-state index contributed by atoms with van der Waals surface area (Å²) in [6.45, 7) is 4.62. The summed E-state index contributed by atoms with van der Waals surface area (Å²) in [7, 11) is 1.74. The van der Waals surface area contributed by atoms with Crippen LogP contribution < -0.4 is 10.1 Å². The Hall–Kier alpha value is -1.06. The Balaban J connectivity index is 1.74. The molecule has 0 spiro atoms. The molecule has 0 amide bonds. The lowest BCUT2D eigenvalue weighted by atomic mass is 9.96. The Labute approximate surface area is 109 Å². The highest BCUT2D eigenvalue weighted by Crippen LogP contribution is 2.26. The normalized spacial score (nSPS) is 24.6. The second-order valence-electron chi connectivity index (χ2n) is 5.36. The van der Waals surface area contributed by atoms with Crippen molar-refractivity contribution in [1.82, 2.24) is 10.2 Å². The van der Waals surface area contributed by atoms with Gasteiger partial charge < -0.3 is 10.1 Å². The molecule has 1 aromatic carbocycles. The summed E-state index contributed by atoms with van der Waals surface area (Å²) in [6.07, 6.45) is 3.83. The molecule has 18 heavy (non-hydrogen) atoms. The van der Waals surface area contributed by atoms with Crippen LogP contribution in [-0.2, 0) is 13.0 Å². The zero-order chi connectivity index (χ0) is 12.4. The topological polar surface area (TPSA) is 24.5 Å². The number of fused-ring (bicyclic) bond motifs is 1. The van der Waals surface area contributed by atoms with Gasteiger partial charge in [0.05, 0.1) is 7.11 Å². The molecule has 1 atom stereocenters. The summed E-state index contributed by atoms with van der Waals surface area (Å²) in [5.74, 6) is 0.984. The van der Waals surface area contributed by atoms with E-state index in [1.807, 2.05) is 0 Å². The molecule has 1 unspecified atom stereocenters. The molecule has 1 N–H and O–H groups in total. The van der Waals surface area contributed by atoms with E-state index in [1.54, 1.807) is 7.11 Å². The van der Waals surface area contributed by atoms with Crippen LogP contribution in [-0.4, -0.2) is 37.7 Å². The van der Waals surface area contributed by atoms with Crippen molar-refractivity contribution in [2.24, 2.45) is 0 Å². The maximum absolute atomic E-state index is 5.33. The smallest absolute Gasteiger partial charge is 0.119 e. The van der Waals surface area contributed by atoms with Crippen molar-refractivity contribution in [3.8, 4) is 5.75 Å². The van der Waals surface area contributed by atoms with Crippen molar-refractivity contribution < 1.29 is 4.74 Å². The quantitative estimate of drug-likeness (QED) is 0.861. The van der Waals surface area contributed by atoms with E-state index in [1.165, 1.54) is 43.5 Å². The van der Waals surface area contributed by atoms with E-state index in [4.69, 9.17) is 4.74 Å². The van der Waals surface area contributed by atoms with E-state index in [0.717, 1.165) is 24.9 Å². The van der Waals surface area contributed by atoms with E-state index in [2.05, 4.69) is 28.4 Å². The highest BCUT2D eigenvalue weighted by molar-refractivity contribution is 5.37. The molecule has 0 aliphatic carbocycles. The van der Waals surface area contributed by atoms with Crippen molar-refractivity contribution in [2.45, 2.75) is 31.8 Å². The lowest BCUT2D eigenvalue weighted by Crippen LogP contribution is -2.47. The van der Waals surface area contributed by atoms with Gasteiger partial charge in [-0.1, -0.05) is 6.07 Å². The molecule has 0 aromatic heterocycles. The van der Waals surface area contributed by atoms with E-state index in [0.29, 0.717) is 0 Å². The minimum Gasteiger partial charge on any atom is -0.497 e. The monoisotopic (exact) mass is 246 g/mol. The van der Waals surface area contributed by atoms with Crippen LogP contribution in [0.5, 0.6) is 5.75 Å². The molecule has 0 bridgehead atoms. The molecular formula is C15H22N2O. The average Bonchev–Trinajstić information content (AvgIpc) is 2.47. The summed E-state index contributed by atoms with van der Waals surface area (Å²) in [6, 6.07) is 7.23. The van der Waals surface area contributed by atoms with Gasteiger partial charge in [0.2, 0.25) is 0 Å². The first-order valence-electron chi connectivity index (χ1n) is 6.97.